The lowest BCUT2D eigenvalue weighted by atomic mass is 9.80. The van der Waals surface area contributed by atoms with Gasteiger partial charge in [-0.15, -0.1) is 0 Å². The Labute approximate surface area is 350 Å². The number of nitrogens with zero attached hydrogens (tertiary/aromatic N) is 5. The number of benzene rings is 8. The average molecular weight is 786 g/mol. The maximum Gasteiger partial charge on any atom is 0.165 e. The number of hydrogen-bond donors (Lipinski definition) is 0. The summed E-state index contributed by atoms with van der Waals surface area (Å²) in [5.41, 5.74) is 13.6. The molecule has 0 atom stereocenters. The molecule has 0 fully saturated rings. The van der Waals surface area contributed by atoms with E-state index in [0.717, 1.165) is 44.0 Å². The lowest BCUT2D eigenvalue weighted by molar-refractivity contribution is 0.661. The minimum atomic E-state index is -0.244. The van der Waals surface area contributed by atoms with Crippen molar-refractivity contribution in [2.45, 2.75) is 29.1 Å². The number of hydrogen-bond acceptors (Lipinski definition) is 4. The number of aromatic nitrogens is 5. The average Bonchev–Trinajstić information content (AvgIpc) is 3.90. The van der Waals surface area contributed by atoms with Gasteiger partial charge in [-0.2, -0.15) is 0 Å². The van der Waals surface area contributed by atoms with E-state index in [1.807, 2.05) is 11.8 Å². The minimum Gasteiger partial charge on any atom is -0.295 e. The first kappa shape index (κ1) is 33.7. The highest BCUT2D eigenvalue weighted by atomic mass is 32.2. The van der Waals surface area contributed by atoms with E-state index in [1.165, 1.54) is 59.7 Å². The summed E-state index contributed by atoms with van der Waals surface area (Å²) in [6, 6.07) is 63.2. The summed E-state index contributed by atoms with van der Waals surface area (Å²) in [4.78, 5) is 18.5. The first-order valence-corrected chi connectivity index (χ1v) is 21.3. The summed E-state index contributed by atoms with van der Waals surface area (Å²) in [6.45, 7) is 4.64. The van der Waals surface area contributed by atoms with E-state index in [9.17, 15) is 0 Å². The van der Waals surface area contributed by atoms with Crippen LogP contribution in [0.25, 0.3) is 100 Å². The zero-order valence-corrected chi connectivity index (χ0v) is 33.7. The van der Waals surface area contributed by atoms with E-state index in [0.29, 0.717) is 17.5 Å². The SMILES string of the molecule is CC1(C)c2ccccc2-c2cccc(-c3nc(-c4ccc5ccccc5c4)nc(-c4cccc5c4Sc4cccc6c7c8ccccc8n(-c8ccccc8)c7n-5c46)n3)c21. The van der Waals surface area contributed by atoms with E-state index in [4.69, 9.17) is 15.0 Å². The fourth-order valence-corrected chi connectivity index (χ4v) is 11.3. The molecule has 0 bridgehead atoms. The molecule has 2 aliphatic rings. The third-order valence-electron chi connectivity index (χ3n) is 12.7. The highest BCUT2D eigenvalue weighted by Crippen LogP contribution is 2.54. The largest absolute Gasteiger partial charge is 0.295 e. The van der Waals surface area contributed by atoms with Crippen LogP contribution in [0.15, 0.2) is 186 Å². The lowest BCUT2D eigenvalue weighted by Gasteiger charge is -2.24. The number of fused-ring (bicyclic) bond motifs is 11. The molecule has 4 heterocycles. The van der Waals surface area contributed by atoms with Crippen molar-refractivity contribution < 1.29 is 0 Å². The van der Waals surface area contributed by atoms with Gasteiger partial charge in [0.15, 0.2) is 17.5 Å². The maximum absolute atomic E-state index is 5.48. The Morgan fingerprint density at radius 3 is 2.07 bits per heavy atom. The summed E-state index contributed by atoms with van der Waals surface area (Å²) in [7, 11) is 0. The molecular formula is C54H35N5S. The summed E-state index contributed by atoms with van der Waals surface area (Å²) in [6.07, 6.45) is 0. The Kier molecular flexibility index (Phi) is 6.94. The second kappa shape index (κ2) is 12.4. The molecule has 0 saturated heterocycles. The van der Waals surface area contributed by atoms with Gasteiger partial charge in [0.05, 0.1) is 16.7 Å². The molecule has 1 aliphatic heterocycles. The van der Waals surface area contributed by atoms with Gasteiger partial charge >= 0.3 is 0 Å². The van der Waals surface area contributed by atoms with Crippen LogP contribution in [-0.4, -0.2) is 24.1 Å². The van der Waals surface area contributed by atoms with Crippen molar-refractivity contribution in [3.63, 3.8) is 0 Å². The molecule has 0 N–H and O–H groups in total. The summed E-state index contributed by atoms with van der Waals surface area (Å²) in [5.74, 6) is 1.98. The Balaban J connectivity index is 1.09. The standard InChI is InChI=1S/C54H35N5S/c1-54(2)42-25-10-8-19-36(42)37-21-12-23-40(47(37)54)51-55-50(34-30-29-32-15-6-7-16-33(32)31-34)56-52(57-51)41-24-13-27-44-49(41)60-45-28-14-22-39-46-38-20-9-11-26-43(38)58(35-17-4-3-5-18-35)53(46)59(44)48(39)45/h3-31H,1-2H3. The molecule has 5 nitrogen and oxygen atoms in total. The van der Waals surface area contributed by atoms with Crippen molar-refractivity contribution in [1.29, 1.82) is 0 Å². The smallest absolute Gasteiger partial charge is 0.165 e. The molecule has 0 radical (unpaired) electrons. The Morgan fingerprint density at radius 2 is 1.17 bits per heavy atom. The zero-order chi connectivity index (χ0) is 39.7. The van der Waals surface area contributed by atoms with Gasteiger partial charge in [-0.05, 0) is 75.5 Å². The highest BCUT2D eigenvalue weighted by molar-refractivity contribution is 8.00. The predicted octanol–water partition coefficient (Wildman–Crippen LogP) is 13.8. The molecule has 282 valence electrons. The van der Waals surface area contributed by atoms with Gasteiger partial charge in [-0.1, -0.05) is 159 Å². The van der Waals surface area contributed by atoms with E-state index >= 15 is 0 Å². The van der Waals surface area contributed by atoms with Gasteiger partial charge in [0.2, 0.25) is 0 Å². The first-order valence-electron chi connectivity index (χ1n) is 20.5. The van der Waals surface area contributed by atoms with Gasteiger partial charge < -0.3 is 0 Å². The third kappa shape index (κ3) is 4.62. The molecule has 6 heteroatoms. The summed E-state index contributed by atoms with van der Waals surface area (Å²) < 4.78 is 4.91. The monoisotopic (exact) mass is 785 g/mol. The van der Waals surface area contributed by atoms with Crippen LogP contribution in [0, 0.1) is 0 Å². The van der Waals surface area contributed by atoms with Crippen LogP contribution in [0.4, 0.5) is 0 Å². The van der Waals surface area contributed by atoms with E-state index in [-0.39, 0.29) is 5.41 Å². The molecule has 13 rings (SSSR count). The van der Waals surface area contributed by atoms with Crippen molar-refractivity contribution in [3.8, 4) is 56.7 Å². The molecular weight excluding hydrogens is 751 g/mol. The van der Waals surface area contributed by atoms with Gasteiger partial charge in [0, 0.05) is 53.7 Å². The van der Waals surface area contributed by atoms with Crippen LogP contribution in [0.5, 0.6) is 0 Å². The molecule has 0 unspecified atom stereocenters. The number of para-hydroxylation sites is 3. The molecule has 3 aromatic heterocycles. The van der Waals surface area contributed by atoms with Crippen LogP contribution < -0.4 is 0 Å². The van der Waals surface area contributed by atoms with Crippen molar-refractivity contribution in [3.05, 3.63) is 187 Å². The second-order valence-corrected chi connectivity index (χ2v) is 17.4. The lowest BCUT2D eigenvalue weighted by Crippen LogP contribution is -2.17. The summed E-state index contributed by atoms with van der Waals surface area (Å²) >= 11 is 1.81. The molecule has 0 spiro atoms. The van der Waals surface area contributed by atoms with Crippen LogP contribution in [0.1, 0.15) is 25.0 Å². The van der Waals surface area contributed by atoms with E-state index in [2.05, 4.69) is 199 Å². The van der Waals surface area contributed by atoms with E-state index in [1.54, 1.807) is 0 Å². The van der Waals surface area contributed by atoms with Crippen molar-refractivity contribution in [2.75, 3.05) is 0 Å². The highest BCUT2D eigenvalue weighted by Gasteiger charge is 2.38. The van der Waals surface area contributed by atoms with Gasteiger partial charge in [0.1, 0.15) is 5.65 Å². The zero-order valence-electron chi connectivity index (χ0n) is 32.9. The summed E-state index contributed by atoms with van der Waals surface area (Å²) in [5, 5.41) is 6.08. The maximum atomic E-state index is 5.48. The fourth-order valence-electron chi connectivity index (χ4n) is 10.1. The Morgan fingerprint density at radius 1 is 0.500 bits per heavy atom. The Bertz CT molecular complexity index is 3610. The number of rotatable bonds is 4. The molecule has 0 saturated carbocycles. The Hall–Kier alpha value is -7.28. The third-order valence-corrected chi connectivity index (χ3v) is 13.9. The van der Waals surface area contributed by atoms with Crippen LogP contribution in [-0.2, 0) is 5.41 Å². The van der Waals surface area contributed by atoms with Crippen molar-refractivity contribution >= 4 is 55.4 Å². The van der Waals surface area contributed by atoms with Crippen LogP contribution in [0.3, 0.4) is 0 Å². The molecule has 0 amide bonds. The first-order chi connectivity index (χ1) is 29.5. The molecule has 1 aliphatic carbocycles. The van der Waals surface area contributed by atoms with E-state index < -0.39 is 0 Å². The van der Waals surface area contributed by atoms with Crippen molar-refractivity contribution in [1.82, 2.24) is 24.1 Å². The molecule has 11 aromatic rings. The fraction of sp³-hybridized carbons (Fsp3) is 0.0556. The topological polar surface area (TPSA) is 48.5 Å². The van der Waals surface area contributed by atoms with Crippen LogP contribution >= 0.6 is 11.8 Å². The minimum absolute atomic E-state index is 0.244. The second-order valence-electron chi connectivity index (χ2n) is 16.4. The van der Waals surface area contributed by atoms with Gasteiger partial charge in [0.25, 0.3) is 0 Å². The van der Waals surface area contributed by atoms with Crippen molar-refractivity contribution in [2.24, 2.45) is 0 Å². The quantitative estimate of drug-likeness (QED) is 0.178. The molecule has 60 heavy (non-hydrogen) atoms. The van der Waals surface area contributed by atoms with Gasteiger partial charge in [-0.25, -0.2) is 15.0 Å². The predicted molar refractivity (Wildman–Crippen MR) is 246 cm³/mol. The molecule has 8 aromatic carbocycles. The van der Waals surface area contributed by atoms with Gasteiger partial charge in [-0.3, -0.25) is 9.13 Å². The normalized spacial score (nSPS) is 13.6. The van der Waals surface area contributed by atoms with Crippen LogP contribution in [0.2, 0.25) is 0 Å².